The molecule has 1 heterocycles. The minimum absolute atomic E-state index is 0.0336. The summed E-state index contributed by atoms with van der Waals surface area (Å²) in [6.45, 7) is 4.80. The SMILES string of the molecule is CCNc1ccc(-n2[nH]c(C)cc2=O)cc1. The molecular weight excluding hydrogens is 202 g/mol. The molecule has 0 aliphatic heterocycles. The molecule has 0 aliphatic rings. The molecule has 0 saturated heterocycles. The molecule has 0 aliphatic carbocycles. The zero-order valence-corrected chi connectivity index (χ0v) is 9.45. The van der Waals surface area contributed by atoms with E-state index in [1.54, 1.807) is 6.07 Å². The summed E-state index contributed by atoms with van der Waals surface area (Å²) >= 11 is 0. The highest BCUT2D eigenvalue weighted by Gasteiger charge is 2.01. The number of hydrogen-bond donors (Lipinski definition) is 2. The Hall–Kier alpha value is -1.97. The van der Waals surface area contributed by atoms with Gasteiger partial charge in [-0.25, -0.2) is 4.68 Å². The van der Waals surface area contributed by atoms with E-state index in [9.17, 15) is 4.79 Å². The Bertz CT molecular complexity index is 522. The van der Waals surface area contributed by atoms with E-state index in [-0.39, 0.29) is 5.56 Å². The third-order valence-electron chi connectivity index (χ3n) is 2.35. The molecule has 16 heavy (non-hydrogen) atoms. The Kier molecular flexibility index (Phi) is 2.81. The predicted molar refractivity (Wildman–Crippen MR) is 65.3 cm³/mol. The van der Waals surface area contributed by atoms with Crippen molar-refractivity contribution < 1.29 is 0 Å². The number of nitrogens with zero attached hydrogens (tertiary/aromatic N) is 1. The minimum Gasteiger partial charge on any atom is -0.385 e. The Morgan fingerprint density at radius 2 is 2.00 bits per heavy atom. The van der Waals surface area contributed by atoms with Crippen LogP contribution in [-0.2, 0) is 0 Å². The molecule has 0 spiro atoms. The second-order valence-corrected chi connectivity index (χ2v) is 3.69. The summed E-state index contributed by atoms with van der Waals surface area (Å²) in [5, 5.41) is 6.20. The average Bonchev–Trinajstić information content (AvgIpc) is 2.59. The van der Waals surface area contributed by atoms with Crippen LogP contribution in [0.1, 0.15) is 12.6 Å². The van der Waals surface area contributed by atoms with Crippen LogP contribution in [0, 0.1) is 6.92 Å². The van der Waals surface area contributed by atoms with Crippen LogP contribution in [0.25, 0.3) is 5.69 Å². The van der Waals surface area contributed by atoms with Crippen LogP contribution < -0.4 is 10.9 Å². The molecule has 0 bridgehead atoms. The zero-order chi connectivity index (χ0) is 11.5. The molecule has 0 radical (unpaired) electrons. The predicted octanol–water partition coefficient (Wildman–Crippen LogP) is 1.91. The van der Waals surface area contributed by atoms with Crippen LogP contribution >= 0.6 is 0 Å². The third-order valence-corrected chi connectivity index (χ3v) is 2.35. The van der Waals surface area contributed by atoms with E-state index in [4.69, 9.17) is 0 Å². The van der Waals surface area contributed by atoms with Gasteiger partial charge >= 0.3 is 0 Å². The van der Waals surface area contributed by atoms with E-state index < -0.39 is 0 Å². The second kappa shape index (κ2) is 4.26. The van der Waals surface area contributed by atoms with Crippen LogP contribution in [0.3, 0.4) is 0 Å². The quantitative estimate of drug-likeness (QED) is 0.825. The highest BCUT2D eigenvalue weighted by molar-refractivity contribution is 5.48. The largest absolute Gasteiger partial charge is 0.385 e. The van der Waals surface area contributed by atoms with Gasteiger partial charge in [-0.05, 0) is 38.1 Å². The van der Waals surface area contributed by atoms with Crippen molar-refractivity contribution in [3.8, 4) is 5.69 Å². The number of aromatic amines is 1. The smallest absolute Gasteiger partial charge is 0.271 e. The number of rotatable bonds is 3. The van der Waals surface area contributed by atoms with Crippen LogP contribution in [0.5, 0.6) is 0 Å². The van der Waals surface area contributed by atoms with Crippen molar-refractivity contribution >= 4 is 5.69 Å². The first-order valence-electron chi connectivity index (χ1n) is 5.33. The van der Waals surface area contributed by atoms with Gasteiger partial charge in [-0.2, -0.15) is 0 Å². The van der Waals surface area contributed by atoms with Crippen molar-refractivity contribution in [2.24, 2.45) is 0 Å². The van der Waals surface area contributed by atoms with Gasteiger partial charge in [-0.3, -0.25) is 9.89 Å². The normalized spacial score (nSPS) is 10.4. The van der Waals surface area contributed by atoms with Crippen molar-refractivity contribution in [3.63, 3.8) is 0 Å². The van der Waals surface area contributed by atoms with Gasteiger partial charge in [-0.1, -0.05) is 0 Å². The summed E-state index contributed by atoms with van der Waals surface area (Å²) in [7, 11) is 0. The number of nitrogens with one attached hydrogen (secondary N) is 2. The number of hydrogen-bond acceptors (Lipinski definition) is 2. The Morgan fingerprint density at radius 3 is 2.50 bits per heavy atom. The number of H-pyrrole nitrogens is 1. The molecule has 4 heteroatoms. The van der Waals surface area contributed by atoms with E-state index in [1.165, 1.54) is 4.68 Å². The highest BCUT2D eigenvalue weighted by atomic mass is 16.1. The molecule has 2 N–H and O–H groups in total. The van der Waals surface area contributed by atoms with Crippen molar-refractivity contribution in [2.75, 3.05) is 11.9 Å². The fourth-order valence-corrected chi connectivity index (χ4v) is 1.64. The Morgan fingerprint density at radius 1 is 1.31 bits per heavy atom. The standard InChI is InChI=1S/C12H15N3O/c1-3-13-10-4-6-11(7-5-10)15-12(16)8-9(2)14-15/h4-8,13-14H,3H2,1-2H3. The van der Waals surface area contributed by atoms with Gasteiger partial charge in [-0.15, -0.1) is 0 Å². The lowest BCUT2D eigenvalue weighted by Gasteiger charge is -2.05. The summed E-state index contributed by atoms with van der Waals surface area (Å²) in [5.41, 5.74) is 2.73. The highest BCUT2D eigenvalue weighted by Crippen LogP contribution is 2.11. The molecular formula is C12H15N3O. The maximum Gasteiger partial charge on any atom is 0.271 e. The minimum atomic E-state index is -0.0336. The molecule has 0 saturated carbocycles. The van der Waals surface area contributed by atoms with E-state index >= 15 is 0 Å². The van der Waals surface area contributed by atoms with E-state index in [2.05, 4.69) is 10.4 Å². The summed E-state index contributed by atoms with van der Waals surface area (Å²) in [6, 6.07) is 9.33. The lowest BCUT2D eigenvalue weighted by Crippen LogP contribution is -2.13. The van der Waals surface area contributed by atoms with Gasteiger partial charge in [0, 0.05) is 24.0 Å². The number of anilines is 1. The topological polar surface area (TPSA) is 49.8 Å². The lowest BCUT2D eigenvalue weighted by atomic mass is 10.3. The molecule has 84 valence electrons. The summed E-state index contributed by atoms with van der Waals surface area (Å²) in [6.07, 6.45) is 0. The monoisotopic (exact) mass is 217 g/mol. The molecule has 1 aromatic heterocycles. The van der Waals surface area contributed by atoms with E-state index in [1.807, 2.05) is 38.1 Å². The molecule has 0 amide bonds. The van der Waals surface area contributed by atoms with Crippen molar-refractivity contribution in [1.29, 1.82) is 0 Å². The molecule has 0 fully saturated rings. The number of benzene rings is 1. The second-order valence-electron chi connectivity index (χ2n) is 3.69. The summed E-state index contributed by atoms with van der Waals surface area (Å²) in [5.74, 6) is 0. The van der Waals surface area contributed by atoms with E-state index in [0.29, 0.717) is 0 Å². The first kappa shape index (κ1) is 10.5. The van der Waals surface area contributed by atoms with Crippen LogP contribution in [0.15, 0.2) is 35.1 Å². The van der Waals surface area contributed by atoms with Gasteiger partial charge in [0.25, 0.3) is 5.56 Å². The molecule has 2 rings (SSSR count). The van der Waals surface area contributed by atoms with Crippen molar-refractivity contribution in [1.82, 2.24) is 9.78 Å². The van der Waals surface area contributed by atoms with Crippen LogP contribution in [0.4, 0.5) is 5.69 Å². The molecule has 2 aromatic rings. The van der Waals surface area contributed by atoms with Gasteiger partial charge in [0.2, 0.25) is 0 Å². The van der Waals surface area contributed by atoms with Gasteiger partial charge < -0.3 is 5.32 Å². The Balaban J connectivity index is 2.34. The number of aryl methyl sites for hydroxylation is 1. The first-order valence-corrected chi connectivity index (χ1v) is 5.33. The van der Waals surface area contributed by atoms with Gasteiger partial charge in [0.05, 0.1) is 5.69 Å². The van der Waals surface area contributed by atoms with Crippen molar-refractivity contribution in [3.05, 3.63) is 46.4 Å². The summed E-state index contributed by atoms with van der Waals surface area (Å²) in [4.78, 5) is 11.6. The van der Waals surface area contributed by atoms with Gasteiger partial charge in [0.15, 0.2) is 0 Å². The van der Waals surface area contributed by atoms with Crippen LogP contribution in [0.2, 0.25) is 0 Å². The third kappa shape index (κ3) is 2.00. The number of aromatic nitrogens is 2. The fourth-order valence-electron chi connectivity index (χ4n) is 1.64. The molecule has 0 atom stereocenters. The lowest BCUT2D eigenvalue weighted by molar-refractivity contribution is 0.835. The molecule has 4 nitrogen and oxygen atoms in total. The maximum atomic E-state index is 11.6. The van der Waals surface area contributed by atoms with Gasteiger partial charge in [0.1, 0.15) is 0 Å². The first-order chi connectivity index (χ1) is 7.70. The molecule has 1 aromatic carbocycles. The molecule has 0 unspecified atom stereocenters. The fraction of sp³-hybridized carbons (Fsp3) is 0.250. The van der Waals surface area contributed by atoms with Crippen LogP contribution in [-0.4, -0.2) is 16.3 Å². The summed E-state index contributed by atoms with van der Waals surface area (Å²) < 4.78 is 1.53. The maximum absolute atomic E-state index is 11.6. The Labute approximate surface area is 93.9 Å². The van der Waals surface area contributed by atoms with Crippen molar-refractivity contribution in [2.45, 2.75) is 13.8 Å². The zero-order valence-electron chi connectivity index (χ0n) is 9.45. The average molecular weight is 217 g/mol. The van der Waals surface area contributed by atoms with E-state index in [0.717, 1.165) is 23.6 Å².